The van der Waals surface area contributed by atoms with Gasteiger partial charge in [0.1, 0.15) is 12.1 Å². The van der Waals surface area contributed by atoms with Gasteiger partial charge in [0.2, 0.25) is 5.60 Å². The molecule has 0 rings (SSSR count). The lowest BCUT2D eigenvalue weighted by atomic mass is 9.82. The normalized spacial score (nSPS) is 15.4. The van der Waals surface area contributed by atoms with Gasteiger partial charge in [-0.2, -0.15) is 0 Å². The van der Waals surface area contributed by atoms with Crippen molar-refractivity contribution in [3.8, 4) is 0 Å². The Kier molecular flexibility index (Phi) is 33.4. The number of aliphatic hydroxyl groups excluding tert-OH is 2. The number of Topliss-reactive ketones (excluding diaryl/α,β-unsaturated/α-hetero) is 2. The minimum Gasteiger partial charge on any atom is -0.480 e. The molecule has 0 saturated heterocycles. The summed E-state index contributed by atoms with van der Waals surface area (Å²) in [5.74, 6) is -3.36. The predicted molar refractivity (Wildman–Crippen MR) is 217 cm³/mol. The van der Waals surface area contributed by atoms with Crippen LogP contribution in [0.1, 0.15) is 194 Å². The van der Waals surface area contributed by atoms with Crippen molar-refractivity contribution in [1.82, 2.24) is 0 Å². The van der Waals surface area contributed by atoms with E-state index in [9.17, 15) is 34.1 Å². The van der Waals surface area contributed by atoms with Crippen molar-refractivity contribution in [2.45, 2.75) is 211 Å². The fraction of sp³-hybridized carbons (Fsp3) is 0.833. The number of nitrogens with two attached hydrogens (primary N) is 1. The minimum absolute atomic E-state index is 0.234. The third kappa shape index (κ3) is 26.2. The molecule has 6 N–H and O–H groups in total. The lowest BCUT2D eigenvalue weighted by Crippen LogP contribution is -2.58. The zero-order valence-electron chi connectivity index (χ0n) is 33.9. The number of carbonyl (C=O) groups excluding carboxylic acids is 2. The molecule has 11 nitrogen and oxygen atoms in total. The first kappa shape index (κ1) is 52.3. The van der Waals surface area contributed by atoms with Gasteiger partial charge in [-0.05, 0) is 64.2 Å². The molecule has 3 atom stereocenters. The molecule has 0 aromatic heterocycles. The quantitative estimate of drug-likeness (QED) is 0.0172. The molecule has 0 saturated carbocycles. The van der Waals surface area contributed by atoms with Gasteiger partial charge in [-0.15, -0.1) is 0 Å². The second-order valence-corrected chi connectivity index (χ2v) is 16.1. The molecule has 0 spiro atoms. The molecular weight excluding hydrogens is 709 g/mol. The van der Waals surface area contributed by atoms with Crippen LogP contribution in [0.5, 0.6) is 0 Å². The van der Waals surface area contributed by atoms with E-state index in [1.54, 1.807) is 0 Å². The van der Waals surface area contributed by atoms with E-state index in [2.05, 4.69) is 38.2 Å². The number of aliphatic carboxylic acids is 1. The van der Waals surface area contributed by atoms with Crippen LogP contribution in [0.3, 0.4) is 0 Å². The highest BCUT2D eigenvalue weighted by Crippen LogP contribution is 2.49. The molecule has 54 heavy (non-hydrogen) atoms. The summed E-state index contributed by atoms with van der Waals surface area (Å²) in [5, 5.41) is 29.8. The average molecular weight is 788 g/mol. The Morgan fingerprint density at radius 1 is 0.630 bits per heavy atom. The first-order chi connectivity index (χ1) is 26.0. The number of carboxylic acid groups (broad SMARTS) is 1. The van der Waals surface area contributed by atoms with Crippen LogP contribution < -0.4 is 5.73 Å². The molecule has 0 aromatic carbocycles. The first-order valence-electron chi connectivity index (χ1n) is 21.3. The molecule has 0 fully saturated rings. The summed E-state index contributed by atoms with van der Waals surface area (Å²) in [6.45, 7) is 2.40. The van der Waals surface area contributed by atoms with Crippen LogP contribution in [0.25, 0.3) is 0 Å². The van der Waals surface area contributed by atoms with Crippen molar-refractivity contribution < 1.29 is 48.2 Å². The maximum absolute atomic E-state index is 13.7. The fourth-order valence-electron chi connectivity index (χ4n) is 6.36. The van der Waals surface area contributed by atoms with Crippen LogP contribution in [0.15, 0.2) is 24.3 Å². The van der Waals surface area contributed by atoms with Gasteiger partial charge in [-0.25, -0.2) is 4.57 Å². The molecule has 1 unspecified atom stereocenters. The summed E-state index contributed by atoms with van der Waals surface area (Å²) < 4.78 is 22.9. The zero-order valence-corrected chi connectivity index (χ0v) is 34.8. The van der Waals surface area contributed by atoms with Crippen molar-refractivity contribution in [1.29, 1.82) is 0 Å². The largest absolute Gasteiger partial charge is 0.480 e. The van der Waals surface area contributed by atoms with Crippen molar-refractivity contribution in [2.24, 2.45) is 5.73 Å². The van der Waals surface area contributed by atoms with Crippen molar-refractivity contribution in [3.05, 3.63) is 24.3 Å². The Morgan fingerprint density at radius 2 is 0.963 bits per heavy atom. The van der Waals surface area contributed by atoms with Gasteiger partial charge < -0.3 is 25.9 Å². The van der Waals surface area contributed by atoms with Gasteiger partial charge in [-0.1, -0.05) is 141 Å². The van der Waals surface area contributed by atoms with Crippen molar-refractivity contribution in [2.75, 3.05) is 13.2 Å². The van der Waals surface area contributed by atoms with Crippen molar-refractivity contribution >= 4 is 25.4 Å². The summed E-state index contributed by atoms with van der Waals surface area (Å²) in [4.78, 5) is 49.0. The first-order valence-corrected chi connectivity index (χ1v) is 22.8. The topological polar surface area (TPSA) is 194 Å². The number of phosphoric ester groups is 1. The maximum atomic E-state index is 13.7. The minimum atomic E-state index is -5.30. The van der Waals surface area contributed by atoms with E-state index in [1.807, 2.05) is 0 Å². The summed E-state index contributed by atoms with van der Waals surface area (Å²) >= 11 is 0. The summed E-state index contributed by atoms with van der Waals surface area (Å²) in [6, 6.07) is -1.68. The molecule has 0 aliphatic heterocycles. The second-order valence-electron chi connectivity index (χ2n) is 14.7. The molecule has 0 aliphatic rings. The number of unbranched alkanes of at least 4 members (excludes halogenated alkanes) is 22. The van der Waals surface area contributed by atoms with Gasteiger partial charge >= 0.3 is 13.8 Å². The maximum Gasteiger partial charge on any atom is 0.473 e. The van der Waals surface area contributed by atoms with E-state index in [1.165, 1.54) is 77.0 Å². The van der Waals surface area contributed by atoms with Gasteiger partial charge in [0.05, 0.1) is 13.2 Å². The van der Waals surface area contributed by atoms with E-state index in [-0.39, 0.29) is 12.8 Å². The van der Waals surface area contributed by atoms with E-state index in [0.29, 0.717) is 25.7 Å². The molecule has 0 amide bonds. The molecule has 0 bridgehead atoms. The van der Waals surface area contributed by atoms with Gasteiger partial charge in [0.25, 0.3) is 0 Å². The van der Waals surface area contributed by atoms with Crippen LogP contribution >= 0.6 is 7.82 Å². The highest BCUT2D eigenvalue weighted by Gasteiger charge is 2.55. The number of rotatable bonds is 40. The number of phosphoric acid groups is 1. The Bertz CT molecular complexity index is 1010. The highest BCUT2D eigenvalue weighted by molar-refractivity contribution is 7.47. The van der Waals surface area contributed by atoms with Gasteiger partial charge in [0.15, 0.2) is 11.6 Å². The Labute approximate surface area is 327 Å². The zero-order chi connectivity index (χ0) is 40.3. The second kappa shape index (κ2) is 34.5. The Morgan fingerprint density at radius 3 is 1.30 bits per heavy atom. The standard InChI is InChI=1S/C42H78NO10P/c1-3-5-7-9-11-13-15-17-19-21-23-25-27-29-31-33-38(45)42(40(47)35-44,53-54(50,51)52-36-37(43)41(48)49)39(46)34-32-30-28-26-24-22-20-18-16-14-12-10-8-6-4-2/h17-20,37,40,44,47H,3-16,21-36,43H2,1-2H3,(H,48,49)(H,50,51)/t37-,40-,42?/m0/s1. The van der Waals surface area contributed by atoms with Gasteiger partial charge in [0, 0.05) is 12.8 Å². The third-order valence-corrected chi connectivity index (χ3v) is 10.8. The Hall–Kier alpha value is -1.72. The van der Waals surface area contributed by atoms with Crippen LogP contribution in [-0.2, 0) is 28.0 Å². The predicted octanol–water partition coefficient (Wildman–Crippen LogP) is 9.84. The molecular formula is C42H78NO10P. The number of carboxylic acids is 1. The molecule has 0 heterocycles. The molecule has 316 valence electrons. The number of ketones is 2. The summed E-state index contributed by atoms with van der Waals surface area (Å²) in [6.07, 6.45) is 33.5. The fourth-order valence-corrected chi connectivity index (χ4v) is 7.45. The number of hydrogen-bond donors (Lipinski definition) is 5. The van der Waals surface area contributed by atoms with Gasteiger partial charge in [-0.3, -0.25) is 23.4 Å². The molecule has 0 aromatic rings. The third-order valence-electron chi connectivity index (χ3n) is 9.80. The van der Waals surface area contributed by atoms with Crippen LogP contribution in [0.4, 0.5) is 0 Å². The lowest BCUT2D eigenvalue weighted by molar-refractivity contribution is -0.165. The monoisotopic (exact) mass is 788 g/mol. The number of hydrogen-bond acceptors (Lipinski definition) is 9. The van der Waals surface area contributed by atoms with E-state index in [4.69, 9.17) is 19.9 Å². The number of carbonyl (C=O) groups is 3. The van der Waals surface area contributed by atoms with Crippen LogP contribution in [0.2, 0.25) is 0 Å². The molecule has 0 radical (unpaired) electrons. The summed E-state index contributed by atoms with van der Waals surface area (Å²) in [5.41, 5.74) is 2.54. The van der Waals surface area contributed by atoms with Crippen molar-refractivity contribution in [3.63, 3.8) is 0 Å². The van der Waals surface area contributed by atoms with E-state index >= 15 is 0 Å². The number of aliphatic hydroxyl groups is 2. The van der Waals surface area contributed by atoms with Crippen LogP contribution in [0, 0.1) is 0 Å². The van der Waals surface area contributed by atoms with E-state index < -0.39 is 56.3 Å². The SMILES string of the molecule is CCCCCCCCC=CCCCCCCCC(=O)C(OP(=O)(O)OC[C@H](N)C(=O)O)(C(=O)CCCCCCCC=CCCCCCCCC)[C@@H](O)CO. The Balaban J connectivity index is 5.05. The number of allylic oxidation sites excluding steroid dienone is 4. The summed E-state index contributed by atoms with van der Waals surface area (Å²) in [7, 11) is -5.30. The van der Waals surface area contributed by atoms with E-state index in [0.717, 1.165) is 64.2 Å². The smallest absolute Gasteiger partial charge is 0.473 e. The molecule has 12 heteroatoms. The highest BCUT2D eigenvalue weighted by atomic mass is 31.2. The molecule has 0 aliphatic carbocycles. The lowest BCUT2D eigenvalue weighted by Gasteiger charge is -2.35. The average Bonchev–Trinajstić information content (AvgIpc) is 3.15. The van der Waals surface area contributed by atoms with Crippen LogP contribution in [-0.4, -0.2) is 68.7 Å².